The molecule has 84 valence electrons. The summed E-state index contributed by atoms with van der Waals surface area (Å²) in [6, 6.07) is 0.530. The number of nitrogens with two attached hydrogens (primary N) is 1. The van der Waals surface area contributed by atoms with Crippen LogP contribution in [-0.4, -0.2) is 17.0 Å². The largest absolute Gasteiger partial charge is 0.271 e. The van der Waals surface area contributed by atoms with Gasteiger partial charge in [0.05, 0.1) is 0 Å². The summed E-state index contributed by atoms with van der Waals surface area (Å²) in [6.07, 6.45) is 6.63. The molecule has 1 heterocycles. The molecule has 0 aromatic carbocycles. The van der Waals surface area contributed by atoms with Gasteiger partial charge in [0.1, 0.15) is 0 Å². The molecule has 0 aromatic heterocycles. The number of rotatable bonds is 5. The lowest BCUT2D eigenvalue weighted by Crippen LogP contribution is -2.43. The SMILES string of the molecule is CC(C)CCC(NN)C1CCCCS1. The summed E-state index contributed by atoms with van der Waals surface area (Å²) in [5, 5.41) is 0.757. The van der Waals surface area contributed by atoms with Gasteiger partial charge in [-0.15, -0.1) is 0 Å². The summed E-state index contributed by atoms with van der Waals surface area (Å²) in [5.74, 6) is 7.74. The minimum absolute atomic E-state index is 0.530. The minimum atomic E-state index is 0.530. The van der Waals surface area contributed by atoms with E-state index in [0.717, 1.165) is 11.2 Å². The maximum absolute atomic E-state index is 5.63. The van der Waals surface area contributed by atoms with Crippen molar-refractivity contribution in [2.45, 2.75) is 57.2 Å². The zero-order valence-electron chi connectivity index (χ0n) is 9.46. The molecule has 0 aliphatic carbocycles. The molecule has 0 radical (unpaired) electrons. The van der Waals surface area contributed by atoms with E-state index in [1.54, 1.807) is 0 Å². The van der Waals surface area contributed by atoms with E-state index in [2.05, 4.69) is 31.0 Å². The number of nitrogens with one attached hydrogen (secondary N) is 1. The van der Waals surface area contributed by atoms with Crippen LogP contribution in [0.5, 0.6) is 0 Å². The zero-order valence-corrected chi connectivity index (χ0v) is 10.3. The van der Waals surface area contributed by atoms with Crippen LogP contribution in [0.1, 0.15) is 46.0 Å². The molecule has 0 aromatic rings. The highest BCUT2D eigenvalue weighted by Crippen LogP contribution is 2.29. The van der Waals surface area contributed by atoms with Gasteiger partial charge < -0.3 is 0 Å². The molecule has 1 aliphatic heterocycles. The van der Waals surface area contributed by atoms with E-state index in [9.17, 15) is 0 Å². The lowest BCUT2D eigenvalue weighted by molar-refractivity contribution is 0.409. The Balaban J connectivity index is 2.28. The second kappa shape index (κ2) is 6.70. The number of hydrogen-bond acceptors (Lipinski definition) is 3. The molecule has 0 saturated carbocycles. The van der Waals surface area contributed by atoms with Crippen molar-refractivity contribution >= 4 is 11.8 Å². The fraction of sp³-hybridized carbons (Fsp3) is 1.00. The summed E-state index contributed by atoms with van der Waals surface area (Å²) >= 11 is 2.11. The first-order chi connectivity index (χ1) is 6.74. The Hall–Kier alpha value is 0.270. The summed E-state index contributed by atoms with van der Waals surface area (Å²) in [4.78, 5) is 0. The van der Waals surface area contributed by atoms with Gasteiger partial charge in [-0.3, -0.25) is 11.3 Å². The normalized spacial score (nSPS) is 25.3. The molecule has 3 N–H and O–H groups in total. The van der Waals surface area contributed by atoms with E-state index in [-0.39, 0.29) is 0 Å². The van der Waals surface area contributed by atoms with Crippen molar-refractivity contribution < 1.29 is 0 Å². The van der Waals surface area contributed by atoms with Crippen molar-refractivity contribution in [1.29, 1.82) is 0 Å². The third kappa shape index (κ3) is 4.20. The van der Waals surface area contributed by atoms with Crippen LogP contribution in [0.4, 0.5) is 0 Å². The summed E-state index contributed by atoms with van der Waals surface area (Å²) in [7, 11) is 0. The van der Waals surface area contributed by atoms with Crippen molar-refractivity contribution in [2.75, 3.05) is 5.75 Å². The maximum Gasteiger partial charge on any atom is 0.0329 e. The summed E-state index contributed by atoms with van der Waals surface area (Å²) in [5.41, 5.74) is 3.01. The highest BCUT2D eigenvalue weighted by molar-refractivity contribution is 8.00. The Labute approximate surface area is 92.4 Å². The summed E-state index contributed by atoms with van der Waals surface area (Å²) in [6.45, 7) is 4.56. The first kappa shape index (κ1) is 12.3. The van der Waals surface area contributed by atoms with Crippen LogP contribution in [0.15, 0.2) is 0 Å². The number of hydrazine groups is 1. The predicted octanol–water partition coefficient (Wildman–Crippen LogP) is 2.54. The van der Waals surface area contributed by atoms with Crippen molar-refractivity contribution in [2.24, 2.45) is 11.8 Å². The monoisotopic (exact) mass is 216 g/mol. The molecule has 2 atom stereocenters. The van der Waals surface area contributed by atoms with Gasteiger partial charge in [-0.1, -0.05) is 20.3 Å². The first-order valence-electron chi connectivity index (χ1n) is 5.81. The van der Waals surface area contributed by atoms with Crippen molar-refractivity contribution in [3.63, 3.8) is 0 Å². The second-order valence-corrected chi connectivity index (χ2v) is 6.00. The van der Waals surface area contributed by atoms with Crippen LogP contribution in [0.2, 0.25) is 0 Å². The van der Waals surface area contributed by atoms with Crippen molar-refractivity contribution in [3.8, 4) is 0 Å². The van der Waals surface area contributed by atoms with Gasteiger partial charge in [-0.2, -0.15) is 11.8 Å². The first-order valence-corrected chi connectivity index (χ1v) is 6.86. The third-order valence-electron chi connectivity index (χ3n) is 2.93. The van der Waals surface area contributed by atoms with Gasteiger partial charge in [-0.25, -0.2) is 0 Å². The molecule has 1 fully saturated rings. The number of hydrogen-bond donors (Lipinski definition) is 2. The molecule has 2 unspecified atom stereocenters. The quantitative estimate of drug-likeness (QED) is 0.548. The van der Waals surface area contributed by atoms with Gasteiger partial charge in [0, 0.05) is 11.3 Å². The Morgan fingerprint density at radius 3 is 2.64 bits per heavy atom. The third-order valence-corrected chi connectivity index (χ3v) is 4.45. The van der Waals surface area contributed by atoms with Gasteiger partial charge in [0.25, 0.3) is 0 Å². The van der Waals surface area contributed by atoms with Crippen LogP contribution < -0.4 is 11.3 Å². The predicted molar refractivity (Wildman–Crippen MR) is 65.3 cm³/mol. The Morgan fingerprint density at radius 2 is 2.14 bits per heavy atom. The molecule has 0 amide bonds. The number of thioether (sulfide) groups is 1. The van der Waals surface area contributed by atoms with Gasteiger partial charge in [0.2, 0.25) is 0 Å². The zero-order chi connectivity index (χ0) is 10.4. The molecule has 0 spiro atoms. The van der Waals surface area contributed by atoms with Crippen LogP contribution >= 0.6 is 11.8 Å². The van der Waals surface area contributed by atoms with Crippen molar-refractivity contribution in [1.82, 2.24) is 5.43 Å². The second-order valence-electron chi connectivity index (χ2n) is 4.65. The van der Waals surface area contributed by atoms with Crippen molar-refractivity contribution in [3.05, 3.63) is 0 Å². The standard InChI is InChI=1S/C11H24N2S/c1-9(2)6-7-10(13-12)11-5-3-4-8-14-11/h9-11,13H,3-8,12H2,1-2H3. The van der Waals surface area contributed by atoms with Crippen LogP contribution in [-0.2, 0) is 0 Å². The Morgan fingerprint density at radius 1 is 1.36 bits per heavy atom. The molecule has 3 heteroatoms. The average molecular weight is 216 g/mol. The molecule has 1 saturated heterocycles. The summed E-state index contributed by atoms with van der Waals surface area (Å²) < 4.78 is 0. The van der Waals surface area contributed by atoms with E-state index in [4.69, 9.17) is 5.84 Å². The molecular weight excluding hydrogens is 192 g/mol. The minimum Gasteiger partial charge on any atom is -0.271 e. The van der Waals surface area contributed by atoms with E-state index in [1.165, 1.54) is 37.9 Å². The van der Waals surface area contributed by atoms with E-state index < -0.39 is 0 Å². The Kier molecular flexibility index (Phi) is 5.90. The molecule has 2 nitrogen and oxygen atoms in total. The van der Waals surface area contributed by atoms with Gasteiger partial charge in [0.15, 0.2) is 0 Å². The van der Waals surface area contributed by atoms with Crippen LogP contribution in [0.3, 0.4) is 0 Å². The van der Waals surface area contributed by atoms with E-state index >= 15 is 0 Å². The fourth-order valence-electron chi connectivity index (χ4n) is 1.97. The fourth-order valence-corrected chi connectivity index (χ4v) is 3.43. The molecule has 14 heavy (non-hydrogen) atoms. The molecular formula is C11H24N2S. The lowest BCUT2D eigenvalue weighted by atomic mass is 9.99. The molecule has 1 aliphatic rings. The van der Waals surface area contributed by atoms with Gasteiger partial charge >= 0.3 is 0 Å². The molecule has 0 bridgehead atoms. The van der Waals surface area contributed by atoms with Gasteiger partial charge in [-0.05, 0) is 37.4 Å². The maximum atomic E-state index is 5.63. The van der Waals surface area contributed by atoms with E-state index in [0.29, 0.717) is 6.04 Å². The van der Waals surface area contributed by atoms with Crippen LogP contribution in [0.25, 0.3) is 0 Å². The smallest absolute Gasteiger partial charge is 0.0329 e. The van der Waals surface area contributed by atoms with E-state index in [1.807, 2.05) is 0 Å². The molecule has 1 rings (SSSR count). The highest BCUT2D eigenvalue weighted by Gasteiger charge is 2.22. The average Bonchev–Trinajstić information content (AvgIpc) is 2.20. The topological polar surface area (TPSA) is 38.0 Å². The highest BCUT2D eigenvalue weighted by atomic mass is 32.2. The van der Waals surface area contributed by atoms with Crippen LogP contribution in [0, 0.1) is 5.92 Å². The lowest BCUT2D eigenvalue weighted by Gasteiger charge is -2.29. The Bertz CT molecular complexity index is 144.